The van der Waals surface area contributed by atoms with Crippen molar-refractivity contribution in [2.75, 3.05) is 7.05 Å². The molecular weight excluding hydrogens is 326 g/mol. The molecule has 0 atom stereocenters. The zero-order valence-corrected chi connectivity index (χ0v) is 15.0. The Morgan fingerprint density at radius 1 is 1.23 bits per heavy atom. The SMILES string of the molecule is Cc1ccc2c(c1)-c1c(cnn1CC(=O)N(C)Cc1ccccc1)CO2. The second-order valence-electron chi connectivity index (χ2n) is 6.70. The van der Waals surface area contributed by atoms with Crippen LogP contribution in [-0.4, -0.2) is 27.6 Å². The van der Waals surface area contributed by atoms with Crippen LogP contribution in [0.3, 0.4) is 0 Å². The van der Waals surface area contributed by atoms with Gasteiger partial charge in [0, 0.05) is 24.7 Å². The number of likely N-dealkylation sites (N-methyl/N-ethyl adjacent to an activating group) is 1. The van der Waals surface area contributed by atoms with Crippen molar-refractivity contribution in [3.8, 4) is 17.0 Å². The fourth-order valence-corrected chi connectivity index (χ4v) is 3.27. The van der Waals surface area contributed by atoms with Crippen LogP contribution in [0, 0.1) is 6.92 Å². The summed E-state index contributed by atoms with van der Waals surface area (Å²) in [6, 6.07) is 16.1. The predicted molar refractivity (Wildman–Crippen MR) is 99.6 cm³/mol. The predicted octanol–water partition coefficient (Wildman–Crippen LogP) is 3.41. The quantitative estimate of drug-likeness (QED) is 0.727. The largest absolute Gasteiger partial charge is 0.488 e. The van der Waals surface area contributed by atoms with E-state index >= 15 is 0 Å². The summed E-state index contributed by atoms with van der Waals surface area (Å²) in [6.07, 6.45) is 1.80. The number of nitrogens with zero attached hydrogens (tertiary/aromatic N) is 3. The smallest absolute Gasteiger partial charge is 0.244 e. The highest BCUT2D eigenvalue weighted by Gasteiger charge is 2.24. The van der Waals surface area contributed by atoms with Crippen LogP contribution < -0.4 is 4.74 Å². The Morgan fingerprint density at radius 2 is 2.04 bits per heavy atom. The van der Waals surface area contributed by atoms with E-state index in [2.05, 4.69) is 11.2 Å². The lowest BCUT2D eigenvalue weighted by Gasteiger charge is -2.21. The summed E-state index contributed by atoms with van der Waals surface area (Å²) < 4.78 is 7.59. The molecule has 2 heterocycles. The van der Waals surface area contributed by atoms with Gasteiger partial charge in [-0.2, -0.15) is 5.10 Å². The molecule has 1 aliphatic heterocycles. The van der Waals surface area contributed by atoms with Crippen molar-refractivity contribution in [1.82, 2.24) is 14.7 Å². The van der Waals surface area contributed by atoms with Gasteiger partial charge < -0.3 is 9.64 Å². The molecule has 4 rings (SSSR count). The number of aryl methyl sites for hydroxylation is 1. The standard InChI is InChI=1S/C21H21N3O2/c1-15-8-9-19-18(10-15)21-17(14-26-19)11-22-24(21)13-20(25)23(2)12-16-6-4-3-5-7-16/h3-11H,12-14H2,1-2H3. The summed E-state index contributed by atoms with van der Waals surface area (Å²) in [7, 11) is 1.83. The highest BCUT2D eigenvalue weighted by atomic mass is 16.5. The first-order valence-corrected chi connectivity index (χ1v) is 8.68. The van der Waals surface area contributed by atoms with Crippen LogP contribution in [0.1, 0.15) is 16.7 Å². The highest BCUT2D eigenvalue weighted by Crippen LogP contribution is 2.37. The Morgan fingerprint density at radius 3 is 2.85 bits per heavy atom. The maximum Gasteiger partial charge on any atom is 0.244 e. The van der Waals surface area contributed by atoms with Gasteiger partial charge in [0.1, 0.15) is 18.9 Å². The van der Waals surface area contributed by atoms with Gasteiger partial charge in [0.2, 0.25) is 5.91 Å². The molecule has 3 aromatic rings. The van der Waals surface area contributed by atoms with Crippen molar-refractivity contribution >= 4 is 5.91 Å². The lowest BCUT2D eigenvalue weighted by molar-refractivity contribution is -0.131. The molecule has 1 aromatic heterocycles. The molecule has 0 radical (unpaired) electrons. The second-order valence-corrected chi connectivity index (χ2v) is 6.70. The molecule has 0 fully saturated rings. The first kappa shape index (κ1) is 16.4. The van der Waals surface area contributed by atoms with E-state index < -0.39 is 0 Å². The average Bonchev–Trinajstić information content (AvgIpc) is 3.05. The number of carbonyl (C=O) groups is 1. The second kappa shape index (κ2) is 6.67. The molecule has 5 heteroatoms. The van der Waals surface area contributed by atoms with Crippen LogP contribution >= 0.6 is 0 Å². The van der Waals surface area contributed by atoms with Crippen LogP contribution in [0.4, 0.5) is 0 Å². The van der Waals surface area contributed by atoms with Gasteiger partial charge in [-0.1, -0.05) is 42.0 Å². The summed E-state index contributed by atoms with van der Waals surface area (Å²) in [5.41, 5.74) is 5.26. The van der Waals surface area contributed by atoms with Crippen LogP contribution in [0.15, 0.2) is 54.7 Å². The molecule has 5 nitrogen and oxygen atoms in total. The van der Waals surface area contributed by atoms with Gasteiger partial charge in [-0.25, -0.2) is 0 Å². The number of carbonyl (C=O) groups excluding carboxylic acids is 1. The number of fused-ring (bicyclic) bond motifs is 3. The number of ether oxygens (including phenoxy) is 1. The topological polar surface area (TPSA) is 47.4 Å². The zero-order chi connectivity index (χ0) is 18.1. The molecule has 132 valence electrons. The van der Waals surface area contributed by atoms with E-state index in [1.165, 1.54) is 0 Å². The van der Waals surface area contributed by atoms with Gasteiger partial charge in [-0.15, -0.1) is 0 Å². The fraction of sp³-hybridized carbons (Fsp3) is 0.238. The Kier molecular flexibility index (Phi) is 4.21. The molecule has 0 bridgehead atoms. The molecule has 0 aliphatic carbocycles. The third-order valence-electron chi connectivity index (χ3n) is 4.66. The van der Waals surface area contributed by atoms with Gasteiger partial charge in [0.05, 0.1) is 11.9 Å². The monoisotopic (exact) mass is 347 g/mol. The van der Waals surface area contributed by atoms with Crippen LogP contribution in [0.25, 0.3) is 11.3 Å². The van der Waals surface area contributed by atoms with E-state index in [1.807, 2.05) is 56.4 Å². The van der Waals surface area contributed by atoms with E-state index in [0.29, 0.717) is 13.2 Å². The highest BCUT2D eigenvalue weighted by molar-refractivity contribution is 5.78. The molecule has 0 unspecified atom stereocenters. The molecular formula is C21H21N3O2. The molecule has 0 spiro atoms. The number of rotatable bonds is 4. The normalized spacial score (nSPS) is 12.1. The summed E-state index contributed by atoms with van der Waals surface area (Å²) >= 11 is 0. The maximum atomic E-state index is 12.7. The molecule has 26 heavy (non-hydrogen) atoms. The van der Waals surface area contributed by atoms with Crippen molar-refractivity contribution in [1.29, 1.82) is 0 Å². The van der Waals surface area contributed by atoms with Crippen LogP contribution in [-0.2, 0) is 24.5 Å². The van der Waals surface area contributed by atoms with Gasteiger partial charge in [-0.05, 0) is 24.6 Å². The summed E-state index contributed by atoms with van der Waals surface area (Å²) in [4.78, 5) is 14.4. The Hall–Kier alpha value is -3.08. The van der Waals surface area contributed by atoms with Gasteiger partial charge >= 0.3 is 0 Å². The summed E-state index contributed by atoms with van der Waals surface area (Å²) in [5.74, 6) is 0.871. The third kappa shape index (κ3) is 3.08. The third-order valence-corrected chi connectivity index (χ3v) is 4.66. The van der Waals surface area contributed by atoms with Crippen LogP contribution in [0.5, 0.6) is 5.75 Å². The molecule has 1 aliphatic rings. The number of hydrogen-bond donors (Lipinski definition) is 0. The minimum absolute atomic E-state index is 0.0282. The van der Waals surface area contributed by atoms with E-state index in [0.717, 1.165) is 33.7 Å². The summed E-state index contributed by atoms with van der Waals surface area (Å²) in [6.45, 7) is 3.33. The van der Waals surface area contributed by atoms with E-state index in [-0.39, 0.29) is 12.5 Å². The number of benzene rings is 2. The summed E-state index contributed by atoms with van der Waals surface area (Å²) in [5, 5.41) is 4.44. The molecule has 0 saturated carbocycles. The number of amides is 1. The zero-order valence-electron chi connectivity index (χ0n) is 15.0. The average molecular weight is 347 g/mol. The Bertz CT molecular complexity index is 947. The molecule has 0 N–H and O–H groups in total. The Labute approximate surface area is 152 Å². The van der Waals surface area contributed by atoms with Crippen LogP contribution in [0.2, 0.25) is 0 Å². The van der Waals surface area contributed by atoms with Gasteiger partial charge in [0.15, 0.2) is 0 Å². The first-order valence-electron chi connectivity index (χ1n) is 8.68. The Balaban J connectivity index is 1.57. The van der Waals surface area contributed by atoms with Crippen molar-refractivity contribution in [2.45, 2.75) is 26.6 Å². The number of hydrogen-bond acceptors (Lipinski definition) is 3. The minimum atomic E-state index is 0.0282. The lowest BCUT2D eigenvalue weighted by atomic mass is 10.0. The van der Waals surface area contributed by atoms with Crippen molar-refractivity contribution < 1.29 is 9.53 Å². The molecule has 2 aromatic carbocycles. The van der Waals surface area contributed by atoms with E-state index in [4.69, 9.17) is 4.74 Å². The van der Waals surface area contributed by atoms with Crippen molar-refractivity contribution in [2.24, 2.45) is 0 Å². The number of aromatic nitrogens is 2. The van der Waals surface area contributed by atoms with E-state index in [9.17, 15) is 4.79 Å². The van der Waals surface area contributed by atoms with Crippen molar-refractivity contribution in [3.63, 3.8) is 0 Å². The minimum Gasteiger partial charge on any atom is -0.488 e. The first-order chi connectivity index (χ1) is 12.6. The van der Waals surface area contributed by atoms with E-state index in [1.54, 1.807) is 15.8 Å². The van der Waals surface area contributed by atoms with Gasteiger partial charge in [0.25, 0.3) is 0 Å². The van der Waals surface area contributed by atoms with Gasteiger partial charge in [-0.3, -0.25) is 9.48 Å². The molecule has 0 saturated heterocycles. The van der Waals surface area contributed by atoms with Crippen molar-refractivity contribution in [3.05, 3.63) is 71.4 Å². The maximum absolute atomic E-state index is 12.7. The fourth-order valence-electron chi connectivity index (χ4n) is 3.27. The lowest BCUT2D eigenvalue weighted by Crippen LogP contribution is -2.30. The molecule has 1 amide bonds.